The highest BCUT2D eigenvalue weighted by Crippen LogP contribution is 2.23. The molecule has 8 heteroatoms. The number of halogens is 1. The van der Waals surface area contributed by atoms with E-state index in [2.05, 4.69) is 36.1 Å². The van der Waals surface area contributed by atoms with Gasteiger partial charge in [-0.3, -0.25) is 4.79 Å². The monoisotopic (exact) mass is 377 g/mol. The van der Waals surface area contributed by atoms with E-state index < -0.39 is 5.91 Å². The molecule has 0 atom stereocenters. The average Bonchev–Trinajstić information content (AvgIpc) is 2.58. The van der Waals surface area contributed by atoms with Crippen molar-refractivity contribution in [3.63, 3.8) is 0 Å². The topological polar surface area (TPSA) is 93.4 Å². The van der Waals surface area contributed by atoms with Crippen molar-refractivity contribution in [1.82, 2.24) is 9.97 Å². The number of amides is 1. The highest BCUT2D eigenvalue weighted by molar-refractivity contribution is 9.10. The second-order valence-electron chi connectivity index (χ2n) is 5.03. The van der Waals surface area contributed by atoms with Crippen LogP contribution in [-0.4, -0.2) is 42.2 Å². The Hall–Kier alpha value is -2.19. The van der Waals surface area contributed by atoms with Crippen LogP contribution in [0.4, 0.5) is 17.2 Å². The summed E-state index contributed by atoms with van der Waals surface area (Å²) in [5.74, 6) is -0.300. The highest BCUT2D eigenvalue weighted by atomic mass is 79.9. The number of carbonyl (C=O) groups excluding carboxylic acids is 1. The number of nitrogens with two attached hydrogens (primary N) is 1. The summed E-state index contributed by atoms with van der Waals surface area (Å²) in [5.41, 5.74) is 7.37. The van der Waals surface area contributed by atoms with Crippen LogP contribution in [-0.2, 0) is 4.74 Å². The molecule has 1 aromatic heterocycles. The quantitative estimate of drug-likeness (QED) is 0.845. The van der Waals surface area contributed by atoms with Gasteiger partial charge in [0.25, 0.3) is 5.91 Å². The molecule has 120 valence electrons. The molecule has 1 aromatic carbocycles. The number of nitrogens with zero attached hydrogens (tertiary/aromatic N) is 3. The van der Waals surface area contributed by atoms with Gasteiger partial charge in [-0.15, -0.1) is 0 Å². The van der Waals surface area contributed by atoms with E-state index in [-0.39, 0.29) is 5.69 Å². The van der Waals surface area contributed by atoms with E-state index >= 15 is 0 Å². The summed E-state index contributed by atoms with van der Waals surface area (Å²) in [6.07, 6.45) is 1.51. The van der Waals surface area contributed by atoms with E-state index in [0.717, 1.165) is 37.7 Å². The fraction of sp³-hybridized carbons (Fsp3) is 0.267. The van der Waals surface area contributed by atoms with Crippen molar-refractivity contribution in [2.45, 2.75) is 0 Å². The molecule has 0 aliphatic carbocycles. The summed E-state index contributed by atoms with van der Waals surface area (Å²) in [4.78, 5) is 21.9. The van der Waals surface area contributed by atoms with Gasteiger partial charge in [-0.25, -0.2) is 9.97 Å². The maximum Gasteiger partial charge on any atom is 0.271 e. The number of rotatable bonds is 4. The Labute approximate surface area is 142 Å². The van der Waals surface area contributed by atoms with Gasteiger partial charge in [-0.1, -0.05) is 0 Å². The van der Waals surface area contributed by atoms with Gasteiger partial charge in [-0.05, 0) is 40.2 Å². The summed E-state index contributed by atoms with van der Waals surface area (Å²) in [6.45, 7) is 3.26. The number of hydrogen-bond donors (Lipinski definition) is 2. The van der Waals surface area contributed by atoms with Gasteiger partial charge < -0.3 is 20.7 Å². The fourth-order valence-corrected chi connectivity index (χ4v) is 2.62. The number of ether oxygens (including phenoxy) is 1. The minimum atomic E-state index is -0.633. The average molecular weight is 378 g/mol. The minimum Gasteiger partial charge on any atom is -0.378 e. The van der Waals surface area contributed by atoms with Crippen LogP contribution in [0.3, 0.4) is 0 Å². The van der Waals surface area contributed by atoms with Gasteiger partial charge in [0, 0.05) is 24.5 Å². The molecular weight excluding hydrogens is 362 g/mol. The third-order valence-corrected chi connectivity index (χ3v) is 3.86. The van der Waals surface area contributed by atoms with Crippen molar-refractivity contribution in [2.24, 2.45) is 5.73 Å². The Morgan fingerprint density at radius 2 is 1.96 bits per heavy atom. The molecule has 0 saturated carbocycles. The molecule has 0 spiro atoms. The maximum absolute atomic E-state index is 11.5. The smallest absolute Gasteiger partial charge is 0.271 e. The molecule has 3 rings (SSSR count). The molecule has 2 aromatic rings. The van der Waals surface area contributed by atoms with Crippen molar-refractivity contribution in [1.29, 1.82) is 0 Å². The Kier molecular flexibility index (Phi) is 4.73. The van der Waals surface area contributed by atoms with Gasteiger partial charge in [-0.2, -0.15) is 0 Å². The fourth-order valence-electron chi connectivity index (χ4n) is 2.34. The van der Waals surface area contributed by atoms with Gasteiger partial charge in [0.2, 0.25) is 0 Å². The maximum atomic E-state index is 11.5. The normalized spacial score (nSPS) is 14.6. The van der Waals surface area contributed by atoms with Gasteiger partial charge in [0.15, 0.2) is 11.5 Å². The first kappa shape index (κ1) is 15.7. The van der Waals surface area contributed by atoms with Crippen LogP contribution in [0.2, 0.25) is 0 Å². The number of benzene rings is 1. The van der Waals surface area contributed by atoms with Crippen LogP contribution in [0.5, 0.6) is 0 Å². The zero-order chi connectivity index (χ0) is 16.2. The third kappa shape index (κ3) is 3.77. The van der Waals surface area contributed by atoms with Gasteiger partial charge >= 0.3 is 0 Å². The Bertz CT molecular complexity index is 702. The summed E-state index contributed by atoms with van der Waals surface area (Å²) in [5, 5.41) is 3.07. The molecule has 0 bridgehead atoms. The minimum absolute atomic E-state index is 0.0941. The van der Waals surface area contributed by atoms with E-state index in [0.29, 0.717) is 10.4 Å². The largest absolute Gasteiger partial charge is 0.378 e. The van der Waals surface area contributed by atoms with Crippen molar-refractivity contribution < 1.29 is 9.53 Å². The third-order valence-electron chi connectivity index (χ3n) is 3.48. The molecule has 0 radical (unpaired) electrons. The number of nitrogens with one attached hydrogen (secondary N) is 1. The van der Waals surface area contributed by atoms with E-state index in [1.807, 2.05) is 24.3 Å². The highest BCUT2D eigenvalue weighted by Gasteiger charge is 2.14. The van der Waals surface area contributed by atoms with Gasteiger partial charge in [0.05, 0.1) is 19.4 Å². The van der Waals surface area contributed by atoms with E-state index in [4.69, 9.17) is 10.5 Å². The number of primary amides is 1. The van der Waals surface area contributed by atoms with Crippen molar-refractivity contribution >= 4 is 39.0 Å². The second-order valence-corrected chi connectivity index (χ2v) is 5.84. The molecule has 0 unspecified atom stereocenters. The first-order valence-corrected chi connectivity index (χ1v) is 7.95. The zero-order valence-electron chi connectivity index (χ0n) is 12.3. The lowest BCUT2D eigenvalue weighted by molar-refractivity contribution is 0.0996. The molecule has 23 heavy (non-hydrogen) atoms. The van der Waals surface area contributed by atoms with Gasteiger partial charge in [0.1, 0.15) is 4.60 Å². The standard InChI is InChI=1S/C15H16BrN5O2/c16-12-9-18-15(13(20-12)14(17)22)19-10-1-3-11(4-2-10)21-5-7-23-8-6-21/h1-4,9H,5-8H2,(H2,17,22)(H,18,19). The Balaban J connectivity index is 1.77. The molecule has 1 aliphatic heterocycles. The first-order chi connectivity index (χ1) is 11.1. The summed E-state index contributed by atoms with van der Waals surface area (Å²) >= 11 is 3.18. The lowest BCUT2D eigenvalue weighted by Crippen LogP contribution is -2.36. The summed E-state index contributed by atoms with van der Waals surface area (Å²) in [7, 11) is 0. The molecular formula is C15H16BrN5O2. The summed E-state index contributed by atoms with van der Waals surface area (Å²) < 4.78 is 5.81. The van der Waals surface area contributed by atoms with Crippen LogP contribution in [0.1, 0.15) is 10.5 Å². The first-order valence-electron chi connectivity index (χ1n) is 7.15. The van der Waals surface area contributed by atoms with Crippen LogP contribution in [0, 0.1) is 0 Å². The molecule has 1 saturated heterocycles. The van der Waals surface area contributed by atoms with Crippen LogP contribution in [0.25, 0.3) is 0 Å². The lowest BCUT2D eigenvalue weighted by atomic mass is 10.2. The number of carbonyl (C=O) groups is 1. The number of anilines is 3. The van der Waals surface area contributed by atoms with Crippen LogP contribution >= 0.6 is 15.9 Å². The second kappa shape index (κ2) is 6.93. The molecule has 1 aliphatic rings. The number of aromatic nitrogens is 2. The van der Waals surface area contributed by atoms with Crippen LogP contribution in [0.15, 0.2) is 35.1 Å². The van der Waals surface area contributed by atoms with Crippen molar-refractivity contribution in [3.05, 3.63) is 40.8 Å². The predicted octanol–water partition coefficient (Wildman–Crippen LogP) is 1.92. The molecule has 3 N–H and O–H groups in total. The van der Waals surface area contributed by atoms with E-state index in [1.165, 1.54) is 6.20 Å². The SMILES string of the molecule is NC(=O)c1nc(Br)cnc1Nc1ccc(N2CCOCC2)cc1. The Morgan fingerprint density at radius 1 is 1.26 bits per heavy atom. The lowest BCUT2D eigenvalue weighted by Gasteiger charge is -2.28. The molecule has 7 nitrogen and oxygen atoms in total. The van der Waals surface area contributed by atoms with Crippen molar-refractivity contribution in [2.75, 3.05) is 36.5 Å². The summed E-state index contributed by atoms with van der Waals surface area (Å²) in [6, 6.07) is 7.90. The van der Waals surface area contributed by atoms with Crippen LogP contribution < -0.4 is 16.0 Å². The molecule has 1 amide bonds. The number of morpholine rings is 1. The molecule has 2 heterocycles. The van der Waals surface area contributed by atoms with E-state index in [1.54, 1.807) is 0 Å². The van der Waals surface area contributed by atoms with Crippen molar-refractivity contribution in [3.8, 4) is 0 Å². The van der Waals surface area contributed by atoms with E-state index in [9.17, 15) is 4.79 Å². The number of hydrogen-bond acceptors (Lipinski definition) is 6. The molecule has 1 fully saturated rings. The zero-order valence-corrected chi connectivity index (χ0v) is 13.9. The predicted molar refractivity (Wildman–Crippen MR) is 91.0 cm³/mol. The Morgan fingerprint density at radius 3 is 2.61 bits per heavy atom.